The predicted octanol–water partition coefficient (Wildman–Crippen LogP) is 2.44. The lowest BCUT2D eigenvalue weighted by Gasteiger charge is -2.17. The Morgan fingerprint density at radius 2 is 2.00 bits per heavy atom. The van der Waals surface area contributed by atoms with Crippen LogP contribution in [0.4, 0.5) is 0 Å². The van der Waals surface area contributed by atoms with E-state index in [1.165, 1.54) is 25.7 Å². The summed E-state index contributed by atoms with van der Waals surface area (Å²) >= 11 is 0. The van der Waals surface area contributed by atoms with Gasteiger partial charge in [-0.3, -0.25) is 0 Å². The summed E-state index contributed by atoms with van der Waals surface area (Å²) in [5, 5.41) is 3.61. The first-order valence-corrected chi connectivity index (χ1v) is 6.06. The molecule has 0 saturated carbocycles. The van der Waals surface area contributed by atoms with Crippen molar-refractivity contribution in [2.75, 3.05) is 6.54 Å². The van der Waals surface area contributed by atoms with Crippen molar-refractivity contribution in [2.24, 2.45) is 0 Å². The van der Waals surface area contributed by atoms with Gasteiger partial charge >= 0.3 is 0 Å². The summed E-state index contributed by atoms with van der Waals surface area (Å²) in [6.07, 6.45) is 10.8. The molecule has 1 heterocycles. The number of nitrogens with one attached hydrogen (secondary N) is 1. The van der Waals surface area contributed by atoms with Gasteiger partial charge < -0.3 is 9.88 Å². The Morgan fingerprint density at radius 1 is 1.27 bits per heavy atom. The Labute approximate surface area is 92.9 Å². The number of aromatic nitrogens is 2. The Balaban J connectivity index is 2.15. The Bertz CT molecular complexity index is 225. The van der Waals surface area contributed by atoms with Crippen LogP contribution >= 0.6 is 0 Å². The maximum atomic E-state index is 4.03. The lowest BCUT2D eigenvalue weighted by atomic mass is 10.1. The van der Waals surface area contributed by atoms with Gasteiger partial charge in [0.1, 0.15) is 0 Å². The molecule has 3 nitrogen and oxygen atoms in total. The van der Waals surface area contributed by atoms with Crippen molar-refractivity contribution in [3.63, 3.8) is 0 Å². The van der Waals surface area contributed by atoms with Crippen molar-refractivity contribution in [2.45, 2.75) is 52.1 Å². The third kappa shape index (κ3) is 4.98. The summed E-state index contributed by atoms with van der Waals surface area (Å²) in [4.78, 5) is 4.03. The van der Waals surface area contributed by atoms with Gasteiger partial charge in [0.2, 0.25) is 0 Å². The summed E-state index contributed by atoms with van der Waals surface area (Å²) in [5.41, 5.74) is 0. The zero-order chi connectivity index (χ0) is 10.9. The van der Waals surface area contributed by atoms with Crippen molar-refractivity contribution >= 4 is 0 Å². The molecular weight excluding hydrogens is 186 g/mol. The van der Waals surface area contributed by atoms with E-state index in [1.807, 2.05) is 18.7 Å². The van der Waals surface area contributed by atoms with Crippen molar-refractivity contribution in [1.82, 2.24) is 14.9 Å². The average Bonchev–Trinajstić information content (AvgIpc) is 2.71. The molecule has 1 rings (SSSR count). The smallest absolute Gasteiger partial charge is 0.0946 e. The van der Waals surface area contributed by atoms with E-state index in [0.717, 1.165) is 13.1 Å². The molecule has 86 valence electrons. The lowest BCUT2D eigenvalue weighted by molar-refractivity contribution is 0.431. The molecule has 0 saturated heterocycles. The molecule has 1 N–H and O–H groups in total. The highest BCUT2D eigenvalue weighted by atomic mass is 15.0. The standard InChI is InChI=1S/C12H23N3/c1-3-5-12(6-4-2)14-8-10-15-9-7-13-11-15/h7,9,11-12,14H,3-6,8,10H2,1-2H3. The molecule has 0 unspecified atom stereocenters. The minimum atomic E-state index is 0.698. The lowest BCUT2D eigenvalue weighted by Crippen LogP contribution is -2.31. The molecule has 1 aromatic heterocycles. The van der Waals surface area contributed by atoms with Gasteiger partial charge in [-0.2, -0.15) is 0 Å². The highest BCUT2D eigenvalue weighted by Gasteiger charge is 2.04. The fraction of sp³-hybridized carbons (Fsp3) is 0.750. The summed E-state index contributed by atoms with van der Waals surface area (Å²) in [7, 11) is 0. The van der Waals surface area contributed by atoms with Crippen molar-refractivity contribution in [3.05, 3.63) is 18.7 Å². The number of hydrogen-bond acceptors (Lipinski definition) is 2. The van der Waals surface area contributed by atoms with E-state index in [9.17, 15) is 0 Å². The van der Waals surface area contributed by atoms with E-state index in [4.69, 9.17) is 0 Å². The molecule has 0 aliphatic heterocycles. The first-order valence-electron chi connectivity index (χ1n) is 6.06. The molecule has 0 aromatic carbocycles. The minimum Gasteiger partial charge on any atom is -0.336 e. The van der Waals surface area contributed by atoms with Crippen LogP contribution in [0.1, 0.15) is 39.5 Å². The maximum Gasteiger partial charge on any atom is 0.0946 e. The third-order valence-corrected chi connectivity index (χ3v) is 2.64. The first-order chi connectivity index (χ1) is 7.36. The van der Waals surface area contributed by atoms with Gasteiger partial charge in [0.05, 0.1) is 6.33 Å². The second-order valence-electron chi connectivity index (χ2n) is 4.03. The quantitative estimate of drug-likeness (QED) is 0.712. The number of imidazole rings is 1. The molecule has 15 heavy (non-hydrogen) atoms. The van der Waals surface area contributed by atoms with Crippen LogP contribution in [0, 0.1) is 0 Å². The van der Waals surface area contributed by atoms with Crippen molar-refractivity contribution in [1.29, 1.82) is 0 Å². The van der Waals surface area contributed by atoms with E-state index in [2.05, 4.69) is 28.7 Å². The van der Waals surface area contributed by atoms with Crippen LogP contribution in [-0.2, 0) is 6.54 Å². The van der Waals surface area contributed by atoms with Crippen LogP contribution < -0.4 is 5.32 Å². The predicted molar refractivity (Wildman–Crippen MR) is 63.8 cm³/mol. The maximum absolute atomic E-state index is 4.03. The minimum absolute atomic E-state index is 0.698. The van der Waals surface area contributed by atoms with Gasteiger partial charge in [-0.15, -0.1) is 0 Å². The van der Waals surface area contributed by atoms with Crippen molar-refractivity contribution in [3.8, 4) is 0 Å². The summed E-state index contributed by atoms with van der Waals surface area (Å²) in [6, 6.07) is 0.698. The Hall–Kier alpha value is -0.830. The highest BCUT2D eigenvalue weighted by Crippen LogP contribution is 2.03. The van der Waals surface area contributed by atoms with E-state index in [-0.39, 0.29) is 0 Å². The van der Waals surface area contributed by atoms with Gasteiger partial charge in [-0.25, -0.2) is 4.98 Å². The van der Waals surface area contributed by atoms with Crippen LogP contribution in [0.25, 0.3) is 0 Å². The number of hydrogen-bond donors (Lipinski definition) is 1. The van der Waals surface area contributed by atoms with E-state index >= 15 is 0 Å². The molecule has 3 heteroatoms. The third-order valence-electron chi connectivity index (χ3n) is 2.64. The van der Waals surface area contributed by atoms with Crippen LogP contribution in [0.15, 0.2) is 18.7 Å². The molecule has 0 bridgehead atoms. The normalized spacial score (nSPS) is 11.1. The average molecular weight is 209 g/mol. The molecule has 0 fully saturated rings. The number of rotatable bonds is 8. The molecule has 0 atom stereocenters. The molecule has 0 spiro atoms. The van der Waals surface area contributed by atoms with Crippen LogP contribution in [0.3, 0.4) is 0 Å². The first kappa shape index (κ1) is 12.2. The largest absolute Gasteiger partial charge is 0.336 e. The fourth-order valence-electron chi connectivity index (χ4n) is 1.86. The van der Waals surface area contributed by atoms with Gasteiger partial charge in [-0.05, 0) is 12.8 Å². The van der Waals surface area contributed by atoms with Gasteiger partial charge in [0.25, 0.3) is 0 Å². The van der Waals surface area contributed by atoms with Crippen LogP contribution in [0.5, 0.6) is 0 Å². The molecule has 0 radical (unpaired) electrons. The van der Waals surface area contributed by atoms with Gasteiger partial charge in [0, 0.05) is 31.5 Å². The van der Waals surface area contributed by atoms with E-state index in [1.54, 1.807) is 0 Å². The molecule has 0 aliphatic rings. The summed E-state index contributed by atoms with van der Waals surface area (Å²) in [6.45, 7) is 6.56. The Kier molecular flexibility index (Phi) is 6.09. The summed E-state index contributed by atoms with van der Waals surface area (Å²) in [5.74, 6) is 0. The summed E-state index contributed by atoms with van der Waals surface area (Å²) < 4.78 is 2.11. The van der Waals surface area contributed by atoms with E-state index in [0.29, 0.717) is 6.04 Å². The zero-order valence-corrected chi connectivity index (χ0v) is 9.95. The Morgan fingerprint density at radius 3 is 2.53 bits per heavy atom. The topological polar surface area (TPSA) is 29.9 Å². The second kappa shape index (κ2) is 7.46. The fourth-order valence-corrected chi connectivity index (χ4v) is 1.86. The van der Waals surface area contributed by atoms with Crippen molar-refractivity contribution < 1.29 is 0 Å². The zero-order valence-electron chi connectivity index (χ0n) is 9.95. The van der Waals surface area contributed by atoms with Crippen LogP contribution in [0.2, 0.25) is 0 Å². The van der Waals surface area contributed by atoms with Crippen LogP contribution in [-0.4, -0.2) is 22.1 Å². The van der Waals surface area contributed by atoms with Gasteiger partial charge in [0.15, 0.2) is 0 Å². The monoisotopic (exact) mass is 209 g/mol. The highest BCUT2D eigenvalue weighted by molar-refractivity contribution is 4.75. The second-order valence-corrected chi connectivity index (χ2v) is 4.03. The molecular formula is C12H23N3. The SMILES string of the molecule is CCCC(CCC)NCCn1ccnc1. The molecule has 0 amide bonds. The van der Waals surface area contributed by atoms with E-state index < -0.39 is 0 Å². The molecule has 1 aromatic rings. The number of nitrogens with zero attached hydrogens (tertiary/aromatic N) is 2. The van der Waals surface area contributed by atoms with Gasteiger partial charge in [-0.1, -0.05) is 26.7 Å². The molecule has 0 aliphatic carbocycles.